The van der Waals surface area contributed by atoms with Crippen molar-refractivity contribution < 1.29 is 14.4 Å². The van der Waals surface area contributed by atoms with Crippen molar-refractivity contribution in [1.29, 1.82) is 0 Å². The first-order chi connectivity index (χ1) is 13.4. The van der Waals surface area contributed by atoms with E-state index >= 15 is 0 Å². The molecule has 0 bridgehead atoms. The zero-order valence-corrected chi connectivity index (χ0v) is 15.8. The van der Waals surface area contributed by atoms with Crippen LogP contribution in [-0.2, 0) is 4.79 Å². The molecule has 2 aromatic carbocycles. The number of aryl methyl sites for hydroxylation is 1. The number of hydrogen-bond acceptors (Lipinski definition) is 4. The van der Waals surface area contributed by atoms with E-state index in [4.69, 9.17) is 0 Å². The lowest BCUT2D eigenvalue weighted by Gasteiger charge is -2.07. The van der Waals surface area contributed by atoms with Crippen LogP contribution >= 0.6 is 0 Å². The van der Waals surface area contributed by atoms with Crippen LogP contribution < -0.4 is 10.6 Å². The summed E-state index contributed by atoms with van der Waals surface area (Å²) in [6, 6.07) is 15.8. The normalized spacial score (nSPS) is 10.4. The second-order valence-electron chi connectivity index (χ2n) is 6.24. The van der Waals surface area contributed by atoms with Gasteiger partial charge in [-0.3, -0.25) is 14.4 Å². The first kappa shape index (κ1) is 19.0. The average Bonchev–Trinajstić information content (AvgIpc) is 3.01. The molecule has 1 aromatic heterocycles. The predicted octanol–water partition coefficient (Wildman–Crippen LogP) is 2.67. The van der Waals surface area contributed by atoms with E-state index in [0.29, 0.717) is 22.6 Å². The summed E-state index contributed by atoms with van der Waals surface area (Å²) >= 11 is 0. The second kappa shape index (κ2) is 7.87. The minimum atomic E-state index is -0.784. The van der Waals surface area contributed by atoms with Gasteiger partial charge in [-0.1, -0.05) is 24.3 Å². The van der Waals surface area contributed by atoms with Crippen molar-refractivity contribution in [3.05, 3.63) is 77.1 Å². The molecule has 0 spiro atoms. The number of nitrogens with one attached hydrogen (secondary N) is 2. The Morgan fingerprint density at radius 3 is 2.36 bits per heavy atom. The number of rotatable bonds is 5. The molecule has 28 heavy (non-hydrogen) atoms. The summed E-state index contributed by atoms with van der Waals surface area (Å²) in [6.07, 6.45) is 0. The van der Waals surface area contributed by atoms with Crippen molar-refractivity contribution in [2.75, 3.05) is 12.4 Å². The number of ketones is 1. The number of anilines is 1. The molecule has 3 rings (SSSR count). The molecule has 2 N–H and O–H groups in total. The molecule has 0 fully saturated rings. The molecule has 0 unspecified atom stereocenters. The summed E-state index contributed by atoms with van der Waals surface area (Å²) < 4.78 is 1.64. The molecule has 2 amide bonds. The number of amides is 2. The lowest BCUT2D eigenvalue weighted by molar-refractivity contribution is -0.112. The Hall–Kier alpha value is -3.74. The van der Waals surface area contributed by atoms with Gasteiger partial charge in [0.15, 0.2) is 0 Å². The molecule has 7 nitrogen and oxygen atoms in total. The van der Waals surface area contributed by atoms with Crippen LogP contribution in [0, 0.1) is 13.8 Å². The molecular weight excluding hydrogens is 356 g/mol. The highest BCUT2D eigenvalue weighted by atomic mass is 16.2. The summed E-state index contributed by atoms with van der Waals surface area (Å²) in [4.78, 5) is 37.0. The summed E-state index contributed by atoms with van der Waals surface area (Å²) in [5.74, 6) is -1.74. The van der Waals surface area contributed by atoms with Gasteiger partial charge in [0, 0.05) is 18.3 Å². The van der Waals surface area contributed by atoms with Crippen molar-refractivity contribution in [2.45, 2.75) is 13.8 Å². The maximum atomic E-state index is 12.8. The number of Topliss-reactive ketones (excluding diaryl/α,β-unsaturated/α-hetero) is 1. The molecule has 0 aliphatic heterocycles. The number of hydrogen-bond donors (Lipinski definition) is 2. The fourth-order valence-corrected chi connectivity index (χ4v) is 2.98. The largest absolute Gasteiger partial charge is 0.355 e. The van der Waals surface area contributed by atoms with E-state index in [2.05, 4.69) is 15.7 Å². The number of nitrogens with zero attached hydrogens (tertiary/aromatic N) is 2. The van der Waals surface area contributed by atoms with E-state index in [0.717, 1.165) is 5.69 Å². The molecule has 1 heterocycles. The Balaban J connectivity index is 1.86. The Morgan fingerprint density at radius 2 is 1.68 bits per heavy atom. The van der Waals surface area contributed by atoms with Gasteiger partial charge < -0.3 is 10.6 Å². The van der Waals surface area contributed by atoms with Crippen LogP contribution in [-0.4, -0.2) is 34.4 Å². The molecule has 0 saturated heterocycles. The zero-order chi connectivity index (χ0) is 20.3. The minimum absolute atomic E-state index is 0.267. The van der Waals surface area contributed by atoms with Crippen LogP contribution in [0.3, 0.4) is 0 Å². The van der Waals surface area contributed by atoms with Gasteiger partial charge in [0.1, 0.15) is 0 Å². The standard InChI is InChI=1S/C21H20N4O3/c1-13-18(14(2)25(24-13)17-10-5-4-6-11-17)19(26)21(28)23-16-9-7-8-15(12-16)20(27)22-3/h4-12H,1-3H3,(H,22,27)(H,23,28). The molecule has 0 radical (unpaired) electrons. The average molecular weight is 376 g/mol. The maximum absolute atomic E-state index is 12.8. The quantitative estimate of drug-likeness (QED) is 0.529. The van der Waals surface area contributed by atoms with Crippen molar-refractivity contribution >= 4 is 23.3 Å². The third-order valence-corrected chi connectivity index (χ3v) is 4.34. The predicted molar refractivity (Wildman–Crippen MR) is 106 cm³/mol. The van der Waals surface area contributed by atoms with Crippen LogP contribution in [0.1, 0.15) is 32.1 Å². The van der Waals surface area contributed by atoms with Gasteiger partial charge >= 0.3 is 0 Å². The van der Waals surface area contributed by atoms with E-state index in [1.165, 1.54) is 13.1 Å². The van der Waals surface area contributed by atoms with Crippen molar-refractivity contribution in [1.82, 2.24) is 15.1 Å². The van der Waals surface area contributed by atoms with Crippen molar-refractivity contribution in [3.8, 4) is 5.69 Å². The van der Waals surface area contributed by atoms with Gasteiger partial charge in [0.2, 0.25) is 0 Å². The molecule has 142 valence electrons. The lowest BCUT2D eigenvalue weighted by atomic mass is 10.1. The smallest absolute Gasteiger partial charge is 0.296 e. The molecule has 0 atom stereocenters. The van der Waals surface area contributed by atoms with Crippen LogP contribution in [0.2, 0.25) is 0 Å². The Morgan fingerprint density at radius 1 is 0.964 bits per heavy atom. The minimum Gasteiger partial charge on any atom is -0.355 e. The number of aromatic nitrogens is 2. The monoisotopic (exact) mass is 376 g/mol. The zero-order valence-electron chi connectivity index (χ0n) is 15.8. The summed E-state index contributed by atoms with van der Waals surface area (Å²) in [5.41, 5.74) is 2.88. The van der Waals surface area contributed by atoms with Crippen molar-refractivity contribution in [2.24, 2.45) is 0 Å². The van der Waals surface area contributed by atoms with Crippen LogP contribution in [0.5, 0.6) is 0 Å². The topological polar surface area (TPSA) is 93.1 Å². The highest BCUT2D eigenvalue weighted by Gasteiger charge is 2.25. The molecule has 3 aromatic rings. The highest BCUT2D eigenvalue weighted by molar-refractivity contribution is 6.47. The molecule has 0 saturated carbocycles. The van der Waals surface area contributed by atoms with Gasteiger partial charge in [0.25, 0.3) is 17.6 Å². The SMILES string of the molecule is CNC(=O)c1cccc(NC(=O)C(=O)c2c(C)nn(-c3ccccc3)c2C)c1. The fourth-order valence-electron chi connectivity index (χ4n) is 2.98. The Kier molecular flexibility index (Phi) is 5.35. The Bertz CT molecular complexity index is 1050. The summed E-state index contributed by atoms with van der Waals surface area (Å²) in [5, 5.41) is 9.47. The van der Waals surface area contributed by atoms with Crippen LogP contribution in [0.25, 0.3) is 5.69 Å². The molecule has 7 heteroatoms. The van der Waals surface area contributed by atoms with Crippen LogP contribution in [0.4, 0.5) is 5.69 Å². The van der Waals surface area contributed by atoms with E-state index in [-0.39, 0.29) is 11.5 Å². The first-order valence-corrected chi connectivity index (χ1v) is 8.72. The van der Waals surface area contributed by atoms with E-state index < -0.39 is 11.7 Å². The number of carbonyl (C=O) groups excluding carboxylic acids is 3. The van der Waals surface area contributed by atoms with Gasteiger partial charge in [-0.05, 0) is 44.2 Å². The maximum Gasteiger partial charge on any atom is 0.296 e. The van der Waals surface area contributed by atoms with Crippen LogP contribution in [0.15, 0.2) is 54.6 Å². The van der Waals surface area contributed by atoms with Gasteiger partial charge in [0.05, 0.1) is 22.6 Å². The van der Waals surface area contributed by atoms with E-state index in [9.17, 15) is 14.4 Å². The molecule has 0 aliphatic carbocycles. The Labute approximate surface area is 162 Å². The highest BCUT2D eigenvalue weighted by Crippen LogP contribution is 2.19. The number of para-hydroxylation sites is 1. The molecule has 0 aliphatic rings. The third-order valence-electron chi connectivity index (χ3n) is 4.34. The lowest BCUT2D eigenvalue weighted by Crippen LogP contribution is -2.24. The first-order valence-electron chi connectivity index (χ1n) is 8.72. The number of benzene rings is 2. The van der Waals surface area contributed by atoms with E-state index in [1.807, 2.05) is 30.3 Å². The molecular formula is C21H20N4O3. The number of carbonyl (C=O) groups is 3. The van der Waals surface area contributed by atoms with Gasteiger partial charge in [-0.2, -0.15) is 5.10 Å². The summed E-state index contributed by atoms with van der Waals surface area (Å²) in [7, 11) is 1.52. The summed E-state index contributed by atoms with van der Waals surface area (Å²) in [6.45, 7) is 3.44. The fraction of sp³-hybridized carbons (Fsp3) is 0.143. The van der Waals surface area contributed by atoms with E-state index in [1.54, 1.807) is 36.7 Å². The van der Waals surface area contributed by atoms with Gasteiger partial charge in [-0.25, -0.2) is 4.68 Å². The second-order valence-corrected chi connectivity index (χ2v) is 6.24. The third kappa shape index (κ3) is 3.68. The van der Waals surface area contributed by atoms with Crippen molar-refractivity contribution in [3.63, 3.8) is 0 Å². The van der Waals surface area contributed by atoms with Gasteiger partial charge in [-0.15, -0.1) is 0 Å².